The number of hydrogen-bond acceptors (Lipinski definition) is 4. The Morgan fingerprint density at radius 2 is 2.06 bits per heavy atom. The molecule has 1 atom stereocenters. The van der Waals surface area contributed by atoms with Crippen molar-refractivity contribution in [2.75, 3.05) is 26.2 Å². The Morgan fingerprint density at radius 1 is 1.41 bits per heavy atom. The average molecular weight is 241 g/mol. The molecule has 2 aliphatic heterocycles. The summed E-state index contributed by atoms with van der Waals surface area (Å²) in [5.41, 5.74) is -0.697. The zero-order chi connectivity index (χ0) is 12.5. The molecule has 0 radical (unpaired) electrons. The third-order valence-corrected chi connectivity index (χ3v) is 3.51. The first-order valence-electron chi connectivity index (χ1n) is 6.05. The molecule has 3 N–H and O–H groups in total. The molecule has 0 saturated carbocycles. The lowest BCUT2D eigenvalue weighted by molar-refractivity contribution is -0.132. The maximum atomic E-state index is 12.3. The van der Waals surface area contributed by atoms with Crippen LogP contribution in [0, 0.1) is 5.92 Å². The first-order valence-corrected chi connectivity index (χ1v) is 6.05. The van der Waals surface area contributed by atoms with Gasteiger partial charge in [0.05, 0.1) is 0 Å². The zero-order valence-electron chi connectivity index (χ0n) is 10.0. The summed E-state index contributed by atoms with van der Waals surface area (Å²) >= 11 is 0. The van der Waals surface area contributed by atoms with Crippen molar-refractivity contribution in [3.63, 3.8) is 0 Å². The van der Waals surface area contributed by atoms with Gasteiger partial charge in [-0.05, 0) is 31.8 Å². The summed E-state index contributed by atoms with van der Waals surface area (Å²) in [6.07, 6.45) is 1.28. The van der Waals surface area contributed by atoms with E-state index in [1.54, 1.807) is 0 Å². The van der Waals surface area contributed by atoms with Crippen LogP contribution in [-0.4, -0.2) is 53.7 Å². The number of rotatable bonds is 3. The van der Waals surface area contributed by atoms with Gasteiger partial charge in [0.2, 0.25) is 0 Å². The van der Waals surface area contributed by atoms with Crippen molar-refractivity contribution in [2.45, 2.75) is 25.3 Å². The number of hydrogen-bond donors (Lipinski definition) is 3. The number of aliphatic hydroxyl groups is 1. The Morgan fingerprint density at radius 3 is 2.65 bits per heavy atom. The summed E-state index contributed by atoms with van der Waals surface area (Å²) in [5, 5.41) is 15.0. The van der Waals surface area contributed by atoms with Gasteiger partial charge in [-0.2, -0.15) is 0 Å². The number of nitrogens with zero attached hydrogens (tertiary/aromatic N) is 1. The van der Waals surface area contributed by atoms with Crippen LogP contribution in [-0.2, 0) is 4.79 Å². The van der Waals surface area contributed by atoms with Gasteiger partial charge in [0.15, 0.2) is 0 Å². The summed E-state index contributed by atoms with van der Waals surface area (Å²) in [4.78, 5) is 25.3. The van der Waals surface area contributed by atoms with E-state index in [-0.39, 0.29) is 31.0 Å². The van der Waals surface area contributed by atoms with Crippen molar-refractivity contribution in [2.24, 2.45) is 5.92 Å². The monoisotopic (exact) mass is 241 g/mol. The Balaban J connectivity index is 2.10. The summed E-state index contributed by atoms with van der Waals surface area (Å²) in [6.45, 7) is 3.57. The van der Waals surface area contributed by atoms with Crippen molar-refractivity contribution in [1.82, 2.24) is 15.5 Å². The number of urea groups is 1. The summed E-state index contributed by atoms with van der Waals surface area (Å²) < 4.78 is 0. The number of imide groups is 1. The van der Waals surface area contributed by atoms with Gasteiger partial charge in [0.25, 0.3) is 5.91 Å². The Bertz CT molecular complexity index is 326. The minimum Gasteiger partial charge on any atom is -0.396 e. The van der Waals surface area contributed by atoms with E-state index in [9.17, 15) is 9.59 Å². The summed E-state index contributed by atoms with van der Waals surface area (Å²) in [6, 6.07) is -0.322. The molecular weight excluding hydrogens is 222 g/mol. The van der Waals surface area contributed by atoms with E-state index in [1.807, 2.05) is 6.92 Å². The second-order valence-electron chi connectivity index (χ2n) is 4.97. The molecule has 2 saturated heterocycles. The molecule has 2 aliphatic rings. The first kappa shape index (κ1) is 12.3. The van der Waals surface area contributed by atoms with Crippen LogP contribution in [0.4, 0.5) is 4.79 Å². The van der Waals surface area contributed by atoms with Gasteiger partial charge in [-0.1, -0.05) is 6.92 Å². The van der Waals surface area contributed by atoms with Gasteiger partial charge in [-0.25, -0.2) is 4.79 Å². The molecule has 2 rings (SSSR count). The normalized spacial score (nSPS) is 25.2. The maximum Gasteiger partial charge on any atom is 0.325 e. The van der Waals surface area contributed by atoms with E-state index in [0.717, 1.165) is 13.1 Å². The lowest BCUT2D eigenvalue weighted by Crippen LogP contribution is -2.54. The minimum absolute atomic E-state index is 0.0222. The minimum atomic E-state index is -0.697. The lowest BCUT2D eigenvalue weighted by atomic mass is 9.88. The molecule has 2 fully saturated rings. The fraction of sp³-hybridized carbons (Fsp3) is 0.818. The van der Waals surface area contributed by atoms with Crippen molar-refractivity contribution in [1.29, 1.82) is 0 Å². The molecule has 6 heteroatoms. The Labute approximate surface area is 100 Å². The molecule has 17 heavy (non-hydrogen) atoms. The topological polar surface area (TPSA) is 81.7 Å². The van der Waals surface area contributed by atoms with Gasteiger partial charge in [-0.15, -0.1) is 0 Å². The molecule has 3 amide bonds. The highest BCUT2D eigenvalue weighted by atomic mass is 16.3. The number of aliphatic hydroxyl groups excluding tert-OH is 1. The van der Waals surface area contributed by atoms with Crippen LogP contribution in [0.15, 0.2) is 0 Å². The van der Waals surface area contributed by atoms with Crippen LogP contribution in [0.3, 0.4) is 0 Å². The summed E-state index contributed by atoms with van der Waals surface area (Å²) in [5.74, 6) is -0.217. The molecule has 0 bridgehead atoms. The van der Waals surface area contributed by atoms with Crippen LogP contribution in [0.25, 0.3) is 0 Å². The van der Waals surface area contributed by atoms with Crippen molar-refractivity contribution in [3.8, 4) is 0 Å². The molecule has 0 aromatic heterocycles. The van der Waals surface area contributed by atoms with E-state index >= 15 is 0 Å². The fourth-order valence-corrected chi connectivity index (χ4v) is 2.40. The van der Waals surface area contributed by atoms with Crippen LogP contribution >= 0.6 is 0 Å². The van der Waals surface area contributed by atoms with Crippen molar-refractivity contribution in [3.05, 3.63) is 0 Å². The summed E-state index contributed by atoms with van der Waals surface area (Å²) in [7, 11) is 0. The Hall–Kier alpha value is -1.14. The van der Waals surface area contributed by atoms with Gasteiger partial charge in [-0.3, -0.25) is 9.69 Å². The van der Waals surface area contributed by atoms with Crippen LogP contribution in [0.1, 0.15) is 19.8 Å². The molecule has 2 heterocycles. The number of carbonyl (C=O) groups excluding carboxylic acids is 2. The van der Waals surface area contributed by atoms with E-state index < -0.39 is 5.54 Å². The van der Waals surface area contributed by atoms with Crippen LogP contribution in [0.5, 0.6) is 0 Å². The van der Waals surface area contributed by atoms with E-state index in [2.05, 4.69) is 10.6 Å². The van der Waals surface area contributed by atoms with Gasteiger partial charge < -0.3 is 15.7 Å². The number of nitrogens with one attached hydrogen (secondary N) is 2. The van der Waals surface area contributed by atoms with Crippen LogP contribution in [0.2, 0.25) is 0 Å². The second kappa shape index (κ2) is 4.62. The van der Waals surface area contributed by atoms with Gasteiger partial charge in [0.1, 0.15) is 5.54 Å². The lowest BCUT2D eigenvalue weighted by Gasteiger charge is -2.31. The van der Waals surface area contributed by atoms with E-state index in [4.69, 9.17) is 5.11 Å². The zero-order valence-corrected chi connectivity index (χ0v) is 10.0. The van der Waals surface area contributed by atoms with Crippen molar-refractivity contribution < 1.29 is 14.7 Å². The van der Waals surface area contributed by atoms with Gasteiger partial charge in [0, 0.05) is 13.2 Å². The predicted octanol–water partition coefficient (Wildman–Crippen LogP) is -0.711. The standard InChI is InChI=1S/C11H19N3O3/c1-8(7-15)6-14-9(16)11(13-10(14)17)2-4-12-5-3-11/h8,12,15H,2-7H2,1H3,(H,13,17). The molecule has 1 spiro atoms. The molecule has 1 unspecified atom stereocenters. The molecule has 6 nitrogen and oxygen atoms in total. The molecule has 96 valence electrons. The fourth-order valence-electron chi connectivity index (χ4n) is 2.40. The molecule has 0 aromatic rings. The number of amides is 3. The number of piperidine rings is 1. The van der Waals surface area contributed by atoms with E-state index in [0.29, 0.717) is 12.8 Å². The first-order chi connectivity index (χ1) is 8.09. The van der Waals surface area contributed by atoms with Crippen molar-refractivity contribution >= 4 is 11.9 Å². The third-order valence-electron chi connectivity index (χ3n) is 3.51. The third kappa shape index (κ3) is 2.14. The highest BCUT2D eigenvalue weighted by Crippen LogP contribution is 2.27. The quantitative estimate of drug-likeness (QED) is 0.570. The molecule has 0 aliphatic carbocycles. The Kier molecular flexibility index (Phi) is 3.35. The predicted molar refractivity (Wildman–Crippen MR) is 61.3 cm³/mol. The highest BCUT2D eigenvalue weighted by molar-refractivity contribution is 6.07. The van der Waals surface area contributed by atoms with E-state index in [1.165, 1.54) is 4.90 Å². The van der Waals surface area contributed by atoms with Crippen LogP contribution < -0.4 is 10.6 Å². The largest absolute Gasteiger partial charge is 0.396 e. The smallest absolute Gasteiger partial charge is 0.325 e. The average Bonchev–Trinajstić information content (AvgIpc) is 2.55. The second-order valence-corrected chi connectivity index (χ2v) is 4.97. The highest BCUT2D eigenvalue weighted by Gasteiger charge is 2.51. The number of carbonyl (C=O) groups is 2. The SMILES string of the molecule is CC(CO)CN1C(=O)NC2(CCNCC2)C1=O. The van der Waals surface area contributed by atoms with Gasteiger partial charge >= 0.3 is 6.03 Å². The molecule has 0 aromatic carbocycles. The molecular formula is C11H19N3O3. The maximum absolute atomic E-state index is 12.3.